The predicted molar refractivity (Wildman–Crippen MR) is 56.7 cm³/mol. The summed E-state index contributed by atoms with van der Waals surface area (Å²) in [6.45, 7) is 0.881. The summed E-state index contributed by atoms with van der Waals surface area (Å²) in [5.41, 5.74) is 2.04. The van der Waals surface area contributed by atoms with Crippen LogP contribution in [0.15, 0.2) is 36.4 Å². The highest BCUT2D eigenvalue weighted by Crippen LogP contribution is 2.13. The molecular formula is C12H13NO. The lowest BCUT2D eigenvalue weighted by Gasteiger charge is -2.07. The Labute approximate surface area is 83.6 Å². The van der Waals surface area contributed by atoms with Crippen LogP contribution in [0.1, 0.15) is 18.4 Å². The maximum Gasteiger partial charge on any atom is 0.157 e. The van der Waals surface area contributed by atoms with Crippen LogP contribution in [-0.2, 0) is 4.79 Å². The van der Waals surface area contributed by atoms with E-state index in [-0.39, 0.29) is 5.78 Å². The van der Waals surface area contributed by atoms with E-state index in [2.05, 4.69) is 5.32 Å². The van der Waals surface area contributed by atoms with Crippen LogP contribution in [-0.4, -0.2) is 12.3 Å². The SMILES string of the molecule is O=C1C=C(c2ccccc2)NCCC1. The lowest BCUT2D eigenvalue weighted by molar-refractivity contribution is -0.114. The molecule has 0 saturated heterocycles. The summed E-state index contributed by atoms with van der Waals surface area (Å²) < 4.78 is 0. The van der Waals surface area contributed by atoms with E-state index in [1.54, 1.807) is 6.08 Å². The van der Waals surface area contributed by atoms with E-state index in [1.807, 2.05) is 30.3 Å². The smallest absolute Gasteiger partial charge is 0.157 e. The molecule has 2 rings (SSSR count). The Balaban J connectivity index is 2.28. The fraction of sp³-hybridized carbons (Fsp3) is 0.250. The van der Waals surface area contributed by atoms with E-state index in [0.29, 0.717) is 6.42 Å². The number of allylic oxidation sites excluding steroid dienone is 1. The molecule has 1 N–H and O–H groups in total. The summed E-state index contributed by atoms with van der Waals surface area (Å²) in [5.74, 6) is 0.217. The van der Waals surface area contributed by atoms with Crippen molar-refractivity contribution in [1.29, 1.82) is 0 Å². The van der Waals surface area contributed by atoms with Gasteiger partial charge in [-0.2, -0.15) is 0 Å². The molecule has 72 valence electrons. The Morgan fingerprint density at radius 3 is 2.71 bits per heavy atom. The molecule has 1 heterocycles. The van der Waals surface area contributed by atoms with Crippen molar-refractivity contribution in [3.63, 3.8) is 0 Å². The Bertz CT molecular complexity index is 354. The number of carbonyl (C=O) groups is 1. The topological polar surface area (TPSA) is 29.1 Å². The average Bonchev–Trinajstić information content (AvgIpc) is 2.44. The van der Waals surface area contributed by atoms with Crippen molar-refractivity contribution in [1.82, 2.24) is 5.32 Å². The van der Waals surface area contributed by atoms with Crippen LogP contribution in [0.4, 0.5) is 0 Å². The van der Waals surface area contributed by atoms with E-state index in [0.717, 1.165) is 24.2 Å². The number of nitrogens with one attached hydrogen (secondary N) is 1. The van der Waals surface area contributed by atoms with Crippen molar-refractivity contribution in [2.75, 3.05) is 6.54 Å². The lowest BCUT2D eigenvalue weighted by Crippen LogP contribution is -2.11. The molecule has 1 aromatic carbocycles. The molecule has 1 aliphatic heterocycles. The summed E-state index contributed by atoms with van der Waals surface area (Å²) in [7, 11) is 0. The van der Waals surface area contributed by atoms with Crippen molar-refractivity contribution in [2.45, 2.75) is 12.8 Å². The molecule has 0 aromatic heterocycles. The zero-order valence-corrected chi connectivity index (χ0v) is 7.99. The fourth-order valence-corrected chi connectivity index (χ4v) is 1.57. The van der Waals surface area contributed by atoms with Gasteiger partial charge in [-0.3, -0.25) is 4.79 Å². The number of ketones is 1. The van der Waals surface area contributed by atoms with Crippen LogP contribution in [0, 0.1) is 0 Å². The van der Waals surface area contributed by atoms with E-state index < -0.39 is 0 Å². The minimum atomic E-state index is 0.217. The molecule has 0 aliphatic carbocycles. The largest absolute Gasteiger partial charge is 0.384 e. The molecule has 14 heavy (non-hydrogen) atoms. The first-order valence-corrected chi connectivity index (χ1v) is 4.90. The minimum absolute atomic E-state index is 0.217. The van der Waals surface area contributed by atoms with Gasteiger partial charge in [0.1, 0.15) is 0 Å². The zero-order chi connectivity index (χ0) is 9.80. The Morgan fingerprint density at radius 2 is 1.93 bits per heavy atom. The quantitative estimate of drug-likeness (QED) is 0.728. The van der Waals surface area contributed by atoms with Gasteiger partial charge in [0.05, 0.1) is 0 Å². The van der Waals surface area contributed by atoms with E-state index >= 15 is 0 Å². The van der Waals surface area contributed by atoms with Gasteiger partial charge in [-0.05, 0) is 12.0 Å². The molecule has 0 spiro atoms. The monoisotopic (exact) mass is 187 g/mol. The van der Waals surface area contributed by atoms with Gasteiger partial charge in [-0.25, -0.2) is 0 Å². The number of carbonyl (C=O) groups excluding carboxylic acids is 1. The van der Waals surface area contributed by atoms with Gasteiger partial charge < -0.3 is 5.32 Å². The van der Waals surface area contributed by atoms with Gasteiger partial charge in [0.25, 0.3) is 0 Å². The molecule has 0 unspecified atom stereocenters. The van der Waals surface area contributed by atoms with Crippen LogP contribution in [0.5, 0.6) is 0 Å². The van der Waals surface area contributed by atoms with Crippen molar-refractivity contribution < 1.29 is 4.79 Å². The zero-order valence-electron chi connectivity index (χ0n) is 7.99. The van der Waals surface area contributed by atoms with Crippen LogP contribution < -0.4 is 5.32 Å². The predicted octanol–water partition coefficient (Wildman–Crippen LogP) is 1.98. The van der Waals surface area contributed by atoms with Gasteiger partial charge in [0.15, 0.2) is 5.78 Å². The summed E-state index contributed by atoms with van der Waals surface area (Å²) in [5, 5.41) is 3.27. The lowest BCUT2D eigenvalue weighted by atomic mass is 10.1. The standard InChI is InChI=1S/C12H13NO/c14-11-7-4-8-13-12(9-11)10-5-2-1-3-6-10/h1-3,5-6,9,13H,4,7-8H2. The highest BCUT2D eigenvalue weighted by atomic mass is 16.1. The van der Waals surface area contributed by atoms with Crippen LogP contribution in [0.3, 0.4) is 0 Å². The molecule has 2 heteroatoms. The van der Waals surface area contributed by atoms with Crippen LogP contribution >= 0.6 is 0 Å². The first kappa shape index (κ1) is 9.00. The maximum absolute atomic E-state index is 11.4. The van der Waals surface area contributed by atoms with E-state index in [1.165, 1.54) is 0 Å². The molecule has 0 saturated carbocycles. The first-order chi connectivity index (χ1) is 6.86. The van der Waals surface area contributed by atoms with Gasteiger partial charge in [0.2, 0.25) is 0 Å². The molecule has 1 aromatic rings. The van der Waals surface area contributed by atoms with Gasteiger partial charge >= 0.3 is 0 Å². The summed E-state index contributed by atoms with van der Waals surface area (Å²) in [4.78, 5) is 11.4. The molecular weight excluding hydrogens is 174 g/mol. The molecule has 0 bridgehead atoms. The Kier molecular flexibility index (Phi) is 2.63. The summed E-state index contributed by atoms with van der Waals surface area (Å²) in [6.07, 6.45) is 3.29. The van der Waals surface area contributed by atoms with Gasteiger partial charge in [-0.1, -0.05) is 30.3 Å². The number of rotatable bonds is 1. The molecule has 0 radical (unpaired) electrons. The third-order valence-electron chi connectivity index (χ3n) is 2.31. The number of benzene rings is 1. The molecule has 0 atom stereocenters. The normalized spacial score (nSPS) is 16.9. The number of hydrogen-bond acceptors (Lipinski definition) is 2. The number of hydrogen-bond donors (Lipinski definition) is 1. The van der Waals surface area contributed by atoms with Gasteiger partial charge in [-0.15, -0.1) is 0 Å². The van der Waals surface area contributed by atoms with Crippen LogP contribution in [0.2, 0.25) is 0 Å². The first-order valence-electron chi connectivity index (χ1n) is 4.90. The van der Waals surface area contributed by atoms with E-state index in [9.17, 15) is 4.79 Å². The minimum Gasteiger partial charge on any atom is -0.384 e. The van der Waals surface area contributed by atoms with Crippen molar-refractivity contribution >= 4 is 11.5 Å². The Hall–Kier alpha value is -1.57. The third-order valence-corrected chi connectivity index (χ3v) is 2.31. The summed E-state index contributed by atoms with van der Waals surface area (Å²) in [6, 6.07) is 9.96. The van der Waals surface area contributed by atoms with Crippen molar-refractivity contribution in [3.8, 4) is 0 Å². The van der Waals surface area contributed by atoms with E-state index in [4.69, 9.17) is 0 Å². The molecule has 1 aliphatic rings. The second-order valence-corrected chi connectivity index (χ2v) is 3.42. The van der Waals surface area contributed by atoms with Crippen LogP contribution in [0.25, 0.3) is 5.70 Å². The maximum atomic E-state index is 11.4. The third kappa shape index (κ3) is 2.02. The average molecular weight is 187 g/mol. The molecule has 2 nitrogen and oxygen atoms in total. The highest BCUT2D eigenvalue weighted by Gasteiger charge is 2.08. The van der Waals surface area contributed by atoms with Gasteiger partial charge in [0, 0.05) is 24.7 Å². The Morgan fingerprint density at radius 1 is 1.14 bits per heavy atom. The van der Waals surface area contributed by atoms with Crippen molar-refractivity contribution in [2.24, 2.45) is 0 Å². The van der Waals surface area contributed by atoms with Crippen molar-refractivity contribution in [3.05, 3.63) is 42.0 Å². The fourth-order valence-electron chi connectivity index (χ4n) is 1.57. The molecule has 0 amide bonds. The summed E-state index contributed by atoms with van der Waals surface area (Å²) >= 11 is 0. The second kappa shape index (κ2) is 4.09. The second-order valence-electron chi connectivity index (χ2n) is 3.42. The molecule has 0 fully saturated rings. The highest BCUT2D eigenvalue weighted by molar-refractivity contribution is 5.96.